The molecule has 2 atom stereocenters. The van der Waals surface area contributed by atoms with E-state index in [0.29, 0.717) is 25.2 Å². The molecule has 0 unspecified atom stereocenters. The van der Waals surface area contributed by atoms with Crippen molar-refractivity contribution in [2.75, 3.05) is 20.5 Å². The van der Waals surface area contributed by atoms with Crippen molar-refractivity contribution < 1.29 is 14.3 Å². The molecule has 118 valence electrons. The first-order valence-electron chi connectivity index (χ1n) is 7.22. The zero-order chi connectivity index (χ0) is 15.4. The Bertz CT molecular complexity index is 282. The summed E-state index contributed by atoms with van der Waals surface area (Å²) in [5.74, 6) is 0.753. The molecule has 0 aromatic carbocycles. The van der Waals surface area contributed by atoms with E-state index in [2.05, 4.69) is 32.2 Å². The molecule has 0 aromatic heterocycles. The van der Waals surface area contributed by atoms with Crippen LogP contribution in [0.4, 0.5) is 4.79 Å². The highest BCUT2D eigenvalue weighted by atomic mass is 35.5. The number of ether oxygens (including phenoxy) is 2. The van der Waals surface area contributed by atoms with Gasteiger partial charge in [-0.3, -0.25) is 4.79 Å². The molecule has 1 amide bonds. The monoisotopic (exact) mass is 305 g/mol. The first-order valence-corrected chi connectivity index (χ1v) is 7.60. The van der Waals surface area contributed by atoms with Gasteiger partial charge in [-0.05, 0) is 23.9 Å². The molecule has 0 aromatic rings. The van der Waals surface area contributed by atoms with Crippen LogP contribution in [0.1, 0.15) is 40.0 Å². The molecule has 1 N–H and O–H groups in total. The molecule has 0 aliphatic rings. The number of hydrogen-bond donors (Lipinski definition) is 1. The van der Waals surface area contributed by atoms with Crippen LogP contribution < -0.4 is 5.32 Å². The van der Waals surface area contributed by atoms with Crippen LogP contribution in [-0.2, 0) is 9.47 Å². The van der Waals surface area contributed by atoms with Gasteiger partial charge >= 0.3 is 5.37 Å². The lowest BCUT2D eigenvalue weighted by atomic mass is 9.95. The van der Waals surface area contributed by atoms with Crippen LogP contribution in [0, 0.1) is 11.8 Å². The maximum atomic E-state index is 11.0. The van der Waals surface area contributed by atoms with Gasteiger partial charge in [0.05, 0.1) is 6.61 Å². The number of carbonyl (C=O) groups is 1. The van der Waals surface area contributed by atoms with E-state index in [1.165, 1.54) is 0 Å². The zero-order valence-corrected chi connectivity index (χ0v) is 13.8. The molecule has 0 aliphatic carbocycles. The van der Waals surface area contributed by atoms with E-state index in [1.54, 1.807) is 7.11 Å². The standard InChI is InChI=1S/C15H28ClNO3/c1-5-6-7-14(17-15(16)18)9-8-13(12(2)3)10-20-11-19-4/h8-9,12-14H,5-7,10-11H2,1-4H3,(H,17,18)/b9-8+/t13-,14+/m0/s1. The fourth-order valence-corrected chi connectivity index (χ4v) is 1.94. The molecule has 5 heteroatoms. The smallest absolute Gasteiger partial charge is 0.314 e. The van der Waals surface area contributed by atoms with Crippen molar-refractivity contribution in [3.8, 4) is 0 Å². The molecule has 0 rings (SSSR count). The van der Waals surface area contributed by atoms with Crippen molar-refractivity contribution in [3.63, 3.8) is 0 Å². The topological polar surface area (TPSA) is 47.6 Å². The molecule has 0 bridgehead atoms. The van der Waals surface area contributed by atoms with Crippen LogP contribution in [-0.4, -0.2) is 31.9 Å². The molecular formula is C15H28ClNO3. The Balaban J connectivity index is 4.45. The summed E-state index contributed by atoms with van der Waals surface area (Å²) in [5, 5.41) is 2.24. The summed E-state index contributed by atoms with van der Waals surface area (Å²) in [5.41, 5.74) is 0. The van der Waals surface area contributed by atoms with Crippen molar-refractivity contribution >= 4 is 17.0 Å². The first kappa shape index (κ1) is 19.4. The molecule has 0 radical (unpaired) electrons. The third-order valence-electron chi connectivity index (χ3n) is 3.13. The second kappa shape index (κ2) is 12.2. The lowest BCUT2D eigenvalue weighted by Gasteiger charge is -2.19. The van der Waals surface area contributed by atoms with E-state index in [4.69, 9.17) is 21.1 Å². The number of unbranched alkanes of at least 4 members (excludes halogenated alkanes) is 1. The molecule has 4 nitrogen and oxygen atoms in total. The van der Waals surface area contributed by atoms with Gasteiger partial charge in [0.2, 0.25) is 0 Å². The van der Waals surface area contributed by atoms with Gasteiger partial charge < -0.3 is 14.8 Å². The van der Waals surface area contributed by atoms with Crippen LogP contribution in [0.3, 0.4) is 0 Å². The van der Waals surface area contributed by atoms with Gasteiger partial charge in [-0.2, -0.15) is 0 Å². The van der Waals surface area contributed by atoms with Crippen LogP contribution in [0.25, 0.3) is 0 Å². The number of hydrogen-bond acceptors (Lipinski definition) is 3. The molecule has 0 saturated heterocycles. The number of amides is 1. The largest absolute Gasteiger partial charge is 0.359 e. The predicted molar refractivity (Wildman–Crippen MR) is 83.0 cm³/mol. The first-order chi connectivity index (χ1) is 9.51. The molecule has 0 saturated carbocycles. The second-order valence-electron chi connectivity index (χ2n) is 5.24. The molecule has 0 heterocycles. The van der Waals surface area contributed by atoms with Gasteiger partial charge in [-0.25, -0.2) is 0 Å². The third-order valence-corrected chi connectivity index (χ3v) is 3.24. The van der Waals surface area contributed by atoms with Gasteiger partial charge in [0.15, 0.2) is 0 Å². The minimum Gasteiger partial charge on any atom is -0.359 e. The van der Waals surface area contributed by atoms with Gasteiger partial charge in [-0.15, -0.1) is 0 Å². The molecule has 0 fully saturated rings. The third kappa shape index (κ3) is 10.2. The van der Waals surface area contributed by atoms with Crippen LogP contribution in [0.2, 0.25) is 0 Å². The van der Waals surface area contributed by atoms with Crippen molar-refractivity contribution in [2.45, 2.75) is 46.1 Å². The summed E-state index contributed by atoms with van der Waals surface area (Å²) in [4.78, 5) is 11.0. The van der Waals surface area contributed by atoms with Gasteiger partial charge in [0.25, 0.3) is 0 Å². The quantitative estimate of drug-likeness (QED) is 0.207. The number of nitrogens with one attached hydrogen (secondary N) is 1. The SMILES string of the molecule is CCCC[C@H](/C=C/[C@@H](COCOC)C(C)C)NC(=O)Cl. The highest BCUT2D eigenvalue weighted by molar-refractivity contribution is 6.63. The minimum atomic E-state index is -0.507. The van der Waals surface area contributed by atoms with Crippen molar-refractivity contribution in [2.24, 2.45) is 11.8 Å². The molecule has 0 spiro atoms. The minimum absolute atomic E-state index is 0.0105. The van der Waals surface area contributed by atoms with E-state index in [9.17, 15) is 4.79 Å². The summed E-state index contributed by atoms with van der Waals surface area (Å²) in [6, 6.07) is -0.0105. The molecular weight excluding hydrogens is 278 g/mol. The average molecular weight is 306 g/mol. The highest BCUT2D eigenvalue weighted by Crippen LogP contribution is 2.14. The molecule has 0 aliphatic heterocycles. The van der Waals surface area contributed by atoms with Gasteiger partial charge in [0, 0.05) is 19.1 Å². The number of carbonyl (C=O) groups excluding carboxylic acids is 1. The Labute approximate surface area is 127 Å². The Morgan fingerprint density at radius 3 is 2.55 bits per heavy atom. The van der Waals surface area contributed by atoms with Crippen LogP contribution >= 0.6 is 11.6 Å². The van der Waals surface area contributed by atoms with E-state index in [0.717, 1.165) is 19.3 Å². The lowest BCUT2D eigenvalue weighted by Crippen LogP contribution is -2.29. The summed E-state index contributed by atoms with van der Waals surface area (Å²) < 4.78 is 10.3. The number of rotatable bonds is 11. The summed E-state index contributed by atoms with van der Waals surface area (Å²) in [6.45, 7) is 7.32. The van der Waals surface area contributed by atoms with Crippen molar-refractivity contribution in [1.29, 1.82) is 0 Å². The highest BCUT2D eigenvalue weighted by Gasteiger charge is 2.12. The Morgan fingerprint density at radius 1 is 1.35 bits per heavy atom. The predicted octanol–water partition coefficient (Wildman–Crippen LogP) is 3.94. The Morgan fingerprint density at radius 2 is 2.05 bits per heavy atom. The van der Waals surface area contributed by atoms with E-state index in [-0.39, 0.29) is 6.04 Å². The van der Waals surface area contributed by atoms with Crippen molar-refractivity contribution in [3.05, 3.63) is 12.2 Å². The zero-order valence-electron chi connectivity index (χ0n) is 13.0. The van der Waals surface area contributed by atoms with Crippen molar-refractivity contribution in [1.82, 2.24) is 5.32 Å². The lowest BCUT2D eigenvalue weighted by molar-refractivity contribution is -0.0426. The molecule has 20 heavy (non-hydrogen) atoms. The van der Waals surface area contributed by atoms with E-state index < -0.39 is 5.37 Å². The van der Waals surface area contributed by atoms with Gasteiger partial charge in [-0.1, -0.05) is 45.8 Å². The fourth-order valence-electron chi connectivity index (χ4n) is 1.80. The normalized spacial score (nSPS) is 14.7. The summed E-state index contributed by atoms with van der Waals surface area (Å²) in [7, 11) is 1.61. The second-order valence-corrected chi connectivity index (χ2v) is 5.58. The fraction of sp³-hybridized carbons (Fsp3) is 0.800. The van der Waals surface area contributed by atoms with E-state index in [1.807, 2.05) is 6.08 Å². The van der Waals surface area contributed by atoms with Crippen LogP contribution in [0.5, 0.6) is 0 Å². The number of halogens is 1. The maximum absolute atomic E-state index is 11.0. The summed E-state index contributed by atoms with van der Waals surface area (Å²) in [6.07, 6.45) is 7.17. The van der Waals surface area contributed by atoms with E-state index >= 15 is 0 Å². The average Bonchev–Trinajstić information content (AvgIpc) is 2.38. The number of methoxy groups -OCH3 is 1. The van der Waals surface area contributed by atoms with Gasteiger partial charge in [0.1, 0.15) is 6.79 Å². The Kier molecular flexibility index (Phi) is 11.8. The Hall–Kier alpha value is -0.580. The van der Waals surface area contributed by atoms with Crippen LogP contribution in [0.15, 0.2) is 12.2 Å². The maximum Gasteiger partial charge on any atom is 0.314 e. The summed E-state index contributed by atoms with van der Waals surface area (Å²) >= 11 is 5.41.